The zero-order valence-corrected chi connectivity index (χ0v) is 12.8. The maximum absolute atomic E-state index is 3.61. The first-order valence-corrected chi connectivity index (χ1v) is 8.02. The fourth-order valence-corrected chi connectivity index (χ4v) is 3.94. The van der Waals surface area contributed by atoms with Gasteiger partial charge in [-0.05, 0) is 50.6 Å². The zero-order valence-electron chi connectivity index (χ0n) is 12.8. The molecule has 0 amide bonds. The van der Waals surface area contributed by atoms with Crippen LogP contribution in [0.5, 0.6) is 0 Å². The maximum Gasteiger partial charge on any atom is 0.0124 e. The summed E-state index contributed by atoms with van der Waals surface area (Å²) < 4.78 is 0. The van der Waals surface area contributed by atoms with Crippen LogP contribution in [0.15, 0.2) is 0 Å². The molecule has 2 nitrogen and oxygen atoms in total. The zero-order chi connectivity index (χ0) is 13.2. The minimum atomic E-state index is 0.377. The van der Waals surface area contributed by atoms with Gasteiger partial charge >= 0.3 is 0 Å². The summed E-state index contributed by atoms with van der Waals surface area (Å²) in [5.74, 6) is 1.02. The molecule has 2 aliphatic rings. The first-order valence-electron chi connectivity index (χ1n) is 8.02. The number of hydrogen-bond acceptors (Lipinski definition) is 2. The average molecular weight is 252 g/mol. The molecule has 1 heterocycles. The van der Waals surface area contributed by atoms with E-state index in [1.165, 1.54) is 45.2 Å². The second kappa shape index (κ2) is 5.92. The topological polar surface area (TPSA) is 15.3 Å². The Morgan fingerprint density at radius 2 is 1.94 bits per heavy atom. The summed E-state index contributed by atoms with van der Waals surface area (Å²) in [5, 5.41) is 3.61. The number of nitrogens with zero attached hydrogens (tertiary/aromatic N) is 1. The highest BCUT2D eigenvalue weighted by Gasteiger charge is 2.38. The van der Waals surface area contributed by atoms with Gasteiger partial charge in [0, 0.05) is 18.6 Å². The van der Waals surface area contributed by atoms with Gasteiger partial charge in [0.1, 0.15) is 0 Å². The first-order chi connectivity index (χ1) is 8.54. The summed E-state index contributed by atoms with van der Waals surface area (Å²) in [6.07, 6.45) is 7.34. The summed E-state index contributed by atoms with van der Waals surface area (Å²) in [4.78, 5) is 2.80. The molecule has 0 aromatic carbocycles. The van der Waals surface area contributed by atoms with Crippen LogP contribution < -0.4 is 5.32 Å². The van der Waals surface area contributed by atoms with Crippen molar-refractivity contribution in [1.82, 2.24) is 10.2 Å². The minimum absolute atomic E-state index is 0.377. The van der Waals surface area contributed by atoms with E-state index in [1.54, 1.807) is 0 Å². The Hall–Kier alpha value is -0.0800. The van der Waals surface area contributed by atoms with Crippen LogP contribution in [0.3, 0.4) is 0 Å². The second-order valence-corrected chi connectivity index (χ2v) is 7.14. The standard InChI is InChI=1S/C16H32N2/c1-5-17-13(2)16(3,4)12-18-11-10-14-8-6-7-9-15(14)18/h13-15,17H,5-12H2,1-4H3. The molecule has 3 unspecified atom stereocenters. The molecule has 1 aliphatic carbocycles. The van der Waals surface area contributed by atoms with Crippen LogP contribution in [0.1, 0.15) is 59.8 Å². The van der Waals surface area contributed by atoms with Gasteiger partial charge in [-0.2, -0.15) is 0 Å². The van der Waals surface area contributed by atoms with E-state index in [9.17, 15) is 0 Å². The summed E-state index contributed by atoms with van der Waals surface area (Å²) in [7, 11) is 0. The molecule has 2 fully saturated rings. The van der Waals surface area contributed by atoms with Crippen LogP contribution in [0.4, 0.5) is 0 Å². The van der Waals surface area contributed by atoms with Crippen molar-refractivity contribution < 1.29 is 0 Å². The van der Waals surface area contributed by atoms with E-state index in [0.29, 0.717) is 11.5 Å². The van der Waals surface area contributed by atoms with Gasteiger partial charge in [-0.25, -0.2) is 0 Å². The van der Waals surface area contributed by atoms with Crippen molar-refractivity contribution >= 4 is 0 Å². The van der Waals surface area contributed by atoms with Crippen LogP contribution in [-0.2, 0) is 0 Å². The molecule has 2 rings (SSSR count). The third kappa shape index (κ3) is 3.08. The summed E-state index contributed by atoms with van der Waals surface area (Å²) in [6.45, 7) is 13.1. The van der Waals surface area contributed by atoms with Gasteiger partial charge < -0.3 is 5.32 Å². The van der Waals surface area contributed by atoms with Crippen molar-refractivity contribution in [3.63, 3.8) is 0 Å². The molecule has 0 bridgehead atoms. The molecule has 106 valence electrons. The molecule has 2 heteroatoms. The quantitative estimate of drug-likeness (QED) is 0.808. The van der Waals surface area contributed by atoms with E-state index in [0.717, 1.165) is 18.5 Å². The molecule has 1 saturated carbocycles. The smallest absolute Gasteiger partial charge is 0.0124 e. The van der Waals surface area contributed by atoms with Crippen LogP contribution in [-0.4, -0.2) is 36.6 Å². The lowest BCUT2D eigenvalue weighted by Crippen LogP contribution is -2.48. The van der Waals surface area contributed by atoms with Crippen molar-refractivity contribution in [2.75, 3.05) is 19.6 Å². The molecule has 0 aromatic rings. The maximum atomic E-state index is 3.61. The van der Waals surface area contributed by atoms with E-state index < -0.39 is 0 Å². The summed E-state index contributed by atoms with van der Waals surface area (Å²) in [6, 6.07) is 1.51. The van der Waals surface area contributed by atoms with E-state index in [-0.39, 0.29) is 0 Å². The summed E-state index contributed by atoms with van der Waals surface area (Å²) in [5.41, 5.74) is 0.377. The Morgan fingerprint density at radius 1 is 1.22 bits per heavy atom. The Morgan fingerprint density at radius 3 is 2.67 bits per heavy atom. The number of likely N-dealkylation sites (tertiary alicyclic amines) is 1. The van der Waals surface area contributed by atoms with Crippen molar-refractivity contribution in [1.29, 1.82) is 0 Å². The average Bonchev–Trinajstić information content (AvgIpc) is 2.73. The van der Waals surface area contributed by atoms with E-state index in [2.05, 4.69) is 37.9 Å². The van der Waals surface area contributed by atoms with Crippen LogP contribution in [0, 0.1) is 11.3 Å². The van der Waals surface area contributed by atoms with Crippen molar-refractivity contribution in [2.24, 2.45) is 11.3 Å². The van der Waals surface area contributed by atoms with Gasteiger partial charge in [0.25, 0.3) is 0 Å². The molecule has 1 aliphatic heterocycles. The lowest BCUT2D eigenvalue weighted by atomic mass is 9.82. The minimum Gasteiger partial charge on any atom is -0.314 e. The molecule has 0 radical (unpaired) electrons. The van der Waals surface area contributed by atoms with Crippen LogP contribution in [0.25, 0.3) is 0 Å². The fraction of sp³-hybridized carbons (Fsp3) is 1.00. The molecule has 0 spiro atoms. The predicted octanol–water partition coefficient (Wildman–Crippen LogP) is 3.28. The Kier molecular flexibility index (Phi) is 4.71. The molecule has 18 heavy (non-hydrogen) atoms. The Balaban J connectivity index is 1.92. The van der Waals surface area contributed by atoms with Gasteiger partial charge in [0.15, 0.2) is 0 Å². The highest BCUT2D eigenvalue weighted by molar-refractivity contribution is 4.93. The summed E-state index contributed by atoms with van der Waals surface area (Å²) >= 11 is 0. The number of fused-ring (bicyclic) bond motifs is 1. The molecule has 3 atom stereocenters. The van der Waals surface area contributed by atoms with Crippen molar-refractivity contribution in [2.45, 2.75) is 71.9 Å². The fourth-order valence-electron chi connectivity index (χ4n) is 3.94. The largest absolute Gasteiger partial charge is 0.314 e. The van der Waals surface area contributed by atoms with Gasteiger partial charge in [-0.15, -0.1) is 0 Å². The number of hydrogen-bond donors (Lipinski definition) is 1. The SMILES string of the molecule is CCNC(C)C(C)(C)CN1CCC2CCCCC21. The predicted molar refractivity (Wildman–Crippen MR) is 78.9 cm³/mol. The molecular formula is C16H32N2. The van der Waals surface area contributed by atoms with Gasteiger partial charge in [-0.1, -0.05) is 33.6 Å². The van der Waals surface area contributed by atoms with E-state index in [4.69, 9.17) is 0 Å². The Bertz CT molecular complexity index is 262. The van der Waals surface area contributed by atoms with E-state index in [1.807, 2.05) is 0 Å². The van der Waals surface area contributed by atoms with Crippen molar-refractivity contribution in [3.8, 4) is 0 Å². The normalized spacial score (nSPS) is 31.3. The highest BCUT2D eigenvalue weighted by atomic mass is 15.2. The first kappa shape index (κ1) is 14.3. The van der Waals surface area contributed by atoms with E-state index >= 15 is 0 Å². The van der Waals surface area contributed by atoms with Crippen molar-refractivity contribution in [3.05, 3.63) is 0 Å². The monoisotopic (exact) mass is 252 g/mol. The third-order valence-electron chi connectivity index (χ3n) is 5.42. The molecular weight excluding hydrogens is 220 g/mol. The Labute approximate surface area is 114 Å². The number of rotatable bonds is 5. The number of nitrogens with one attached hydrogen (secondary N) is 1. The van der Waals surface area contributed by atoms with Gasteiger partial charge in [0.2, 0.25) is 0 Å². The lowest BCUT2D eigenvalue weighted by molar-refractivity contribution is 0.107. The lowest BCUT2D eigenvalue weighted by Gasteiger charge is -2.40. The molecule has 1 N–H and O–H groups in total. The van der Waals surface area contributed by atoms with Gasteiger partial charge in [-0.3, -0.25) is 4.90 Å². The second-order valence-electron chi connectivity index (χ2n) is 7.14. The van der Waals surface area contributed by atoms with Crippen LogP contribution >= 0.6 is 0 Å². The highest BCUT2D eigenvalue weighted by Crippen LogP contribution is 2.38. The third-order valence-corrected chi connectivity index (χ3v) is 5.42. The molecule has 1 saturated heterocycles. The van der Waals surface area contributed by atoms with Gasteiger partial charge in [0.05, 0.1) is 0 Å². The van der Waals surface area contributed by atoms with Crippen LogP contribution in [0.2, 0.25) is 0 Å². The molecule has 0 aromatic heterocycles.